The summed E-state index contributed by atoms with van der Waals surface area (Å²) in [5.41, 5.74) is 2.46. The maximum absolute atomic E-state index is 12.5. The molecule has 1 aliphatic rings. The lowest BCUT2D eigenvalue weighted by Crippen LogP contribution is -2.29. The zero-order valence-electron chi connectivity index (χ0n) is 16.6. The molecule has 0 aromatic heterocycles. The van der Waals surface area contributed by atoms with Gasteiger partial charge >= 0.3 is 0 Å². The Kier molecular flexibility index (Phi) is 6.20. The fraction of sp³-hybridized carbons (Fsp3) is 0.0870. The number of carbonyl (C=O) groups is 2. The molecule has 2 amide bonds. The van der Waals surface area contributed by atoms with Crippen LogP contribution in [0.5, 0.6) is 5.75 Å². The van der Waals surface area contributed by atoms with Gasteiger partial charge in [0.25, 0.3) is 11.8 Å². The molecule has 156 valence electrons. The highest BCUT2D eigenvalue weighted by Gasteiger charge is 2.34. The van der Waals surface area contributed by atoms with E-state index in [4.69, 9.17) is 17.0 Å². The van der Waals surface area contributed by atoms with E-state index in [1.807, 2.05) is 48.5 Å². The van der Waals surface area contributed by atoms with Crippen LogP contribution in [0.4, 0.5) is 11.4 Å². The number of anilines is 2. The molecule has 0 bridgehead atoms. The van der Waals surface area contributed by atoms with Gasteiger partial charge in [0.2, 0.25) is 0 Å². The topological polar surface area (TPSA) is 70.7 Å². The maximum atomic E-state index is 12.5. The van der Waals surface area contributed by atoms with Gasteiger partial charge in [-0.3, -0.25) is 14.5 Å². The van der Waals surface area contributed by atoms with Crippen LogP contribution in [-0.4, -0.2) is 34.8 Å². The van der Waals surface area contributed by atoms with Gasteiger partial charge in [0.05, 0.1) is 29.8 Å². The van der Waals surface area contributed by atoms with Gasteiger partial charge in [-0.05, 0) is 54.7 Å². The molecule has 3 aromatic carbocycles. The van der Waals surface area contributed by atoms with E-state index in [1.165, 1.54) is 16.7 Å². The SMILES string of the molecule is COc1ccccc1NC(=S)Nc1cccc(SCN2C(=O)c3ccccc3C2=O)c1. The average Bonchev–Trinajstić information content (AvgIpc) is 3.03. The number of para-hydroxylation sites is 2. The molecule has 1 heterocycles. The van der Waals surface area contributed by atoms with Crippen LogP contribution in [0.15, 0.2) is 77.7 Å². The number of imide groups is 1. The second kappa shape index (κ2) is 9.20. The molecule has 0 saturated carbocycles. The molecule has 8 heteroatoms. The third kappa shape index (κ3) is 4.55. The summed E-state index contributed by atoms with van der Waals surface area (Å²) < 4.78 is 5.32. The van der Waals surface area contributed by atoms with Crippen LogP contribution in [-0.2, 0) is 0 Å². The highest BCUT2D eigenvalue weighted by atomic mass is 32.2. The van der Waals surface area contributed by atoms with Crippen LogP contribution < -0.4 is 15.4 Å². The first-order valence-corrected chi connectivity index (χ1v) is 10.9. The zero-order chi connectivity index (χ0) is 21.8. The zero-order valence-corrected chi connectivity index (χ0v) is 18.3. The van der Waals surface area contributed by atoms with Crippen molar-refractivity contribution in [1.82, 2.24) is 4.90 Å². The molecular weight excluding hydrogens is 430 g/mol. The van der Waals surface area contributed by atoms with Gasteiger partial charge < -0.3 is 15.4 Å². The average molecular weight is 450 g/mol. The van der Waals surface area contributed by atoms with Gasteiger partial charge in [-0.25, -0.2) is 0 Å². The molecule has 0 unspecified atom stereocenters. The number of nitrogens with zero attached hydrogens (tertiary/aromatic N) is 1. The van der Waals surface area contributed by atoms with Gasteiger partial charge in [0.1, 0.15) is 5.75 Å². The van der Waals surface area contributed by atoms with Crippen molar-refractivity contribution in [2.75, 3.05) is 23.6 Å². The summed E-state index contributed by atoms with van der Waals surface area (Å²) >= 11 is 6.82. The highest BCUT2D eigenvalue weighted by Crippen LogP contribution is 2.28. The third-order valence-corrected chi connectivity index (χ3v) is 5.86. The Morgan fingerprint density at radius 2 is 1.61 bits per heavy atom. The number of thiocarbonyl (C=S) groups is 1. The third-order valence-electron chi connectivity index (χ3n) is 4.69. The van der Waals surface area contributed by atoms with Crippen molar-refractivity contribution in [3.63, 3.8) is 0 Å². The number of methoxy groups -OCH3 is 1. The Balaban J connectivity index is 1.38. The van der Waals surface area contributed by atoms with Gasteiger partial charge in [-0.2, -0.15) is 0 Å². The first kappa shape index (κ1) is 20.9. The van der Waals surface area contributed by atoms with E-state index in [0.29, 0.717) is 22.0 Å². The molecule has 0 atom stereocenters. The number of thioether (sulfide) groups is 1. The predicted molar refractivity (Wildman–Crippen MR) is 127 cm³/mol. The van der Waals surface area contributed by atoms with Crippen molar-refractivity contribution >= 4 is 52.3 Å². The summed E-state index contributed by atoms with van der Waals surface area (Å²) in [6.07, 6.45) is 0. The molecule has 31 heavy (non-hydrogen) atoms. The fourth-order valence-electron chi connectivity index (χ4n) is 3.19. The van der Waals surface area contributed by atoms with Gasteiger partial charge in [-0.1, -0.05) is 30.3 Å². The van der Waals surface area contributed by atoms with Crippen LogP contribution in [0.2, 0.25) is 0 Å². The summed E-state index contributed by atoms with van der Waals surface area (Å²) in [5.74, 6) is 0.408. The van der Waals surface area contributed by atoms with E-state index < -0.39 is 0 Å². The Labute approximate surface area is 189 Å². The molecule has 1 aliphatic heterocycles. The normalized spacial score (nSPS) is 12.5. The molecule has 2 N–H and O–H groups in total. The number of benzene rings is 3. The smallest absolute Gasteiger partial charge is 0.262 e. The van der Waals surface area contributed by atoms with E-state index in [1.54, 1.807) is 31.4 Å². The van der Waals surface area contributed by atoms with Gasteiger partial charge in [0.15, 0.2) is 5.11 Å². The predicted octanol–water partition coefficient (Wildman–Crippen LogP) is 4.85. The van der Waals surface area contributed by atoms with Gasteiger partial charge in [0, 0.05) is 10.6 Å². The summed E-state index contributed by atoms with van der Waals surface area (Å²) in [5, 5.41) is 6.69. The number of hydrogen-bond donors (Lipinski definition) is 2. The minimum atomic E-state index is -0.260. The lowest BCUT2D eigenvalue weighted by atomic mass is 10.1. The number of amides is 2. The molecule has 3 aromatic rings. The molecule has 0 fully saturated rings. The van der Waals surface area contributed by atoms with Crippen molar-refractivity contribution in [3.05, 3.63) is 83.9 Å². The molecule has 4 rings (SSSR count). The number of carbonyl (C=O) groups excluding carboxylic acids is 2. The van der Waals surface area contributed by atoms with E-state index in [-0.39, 0.29) is 17.7 Å². The molecule has 0 saturated heterocycles. The molecular formula is C23H19N3O3S2. The number of rotatable bonds is 6. The molecule has 0 radical (unpaired) electrons. The minimum Gasteiger partial charge on any atom is -0.495 e. The monoisotopic (exact) mass is 449 g/mol. The highest BCUT2D eigenvalue weighted by molar-refractivity contribution is 7.99. The minimum absolute atomic E-state index is 0.236. The van der Waals surface area contributed by atoms with Crippen LogP contribution in [0.1, 0.15) is 20.7 Å². The first-order chi connectivity index (χ1) is 15.1. The number of ether oxygens (including phenoxy) is 1. The van der Waals surface area contributed by atoms with E-state index in [9.17, 15) is 9.59 Å². The van der Waals surface area contributed by atoms with E-state index in [2.05, 4.69) is 10.6 Å². The molecule has 0 spiro atoms. The van der Waals surface area contributed by atoms with Crippen molar-refractivity contribution in [1.29, 1.82) is 0 Å². The van der Waals surface area contributed by atoms with Crippen LogP contribution in [0, 0.1) is 0 Å². The van der Waals surface area contributed by atoms with E-state index >= 15 is 0 Å². The van der Waals surface area contributed by atoms with Crippen LogP contribution in [0.3, 0.4) is 0 Å². The Hall–Kier alpha value is -3.36. The van der Waals surface area contributed by atoms with Crippen molar-refractivity contribution < 1.29 is 14.3 Å². The fourth-order valence-corrected chi connectivity index (χ4v) is 4.32. The summed E-state index contributed by atoms with van der Waals surface area (Å²) in [4.78, 5) is 27.2. The maximum Gasteiger partial charge on any atom is 0.262 e. The van der Waals surface area contributed by atoms with Crippen LogP contribution >= 0.6 is 24.0 Å². The Bertz CT molecular complexity index is 1130. The van der Waals surface area contributed by atoms with Crippen molar-refractivity contribution in [2.45, 2.75) is 4.90 Å². The molecule has 6 nitrogen and oxygen atoms in total. The first-order valence-electron chi connectivity index (χ1n) is 9.46. The van der Waals surface area contributed by atoms with Gasteiger partial charge in [-0.15, -0.1) is 11.8 Å². The summed E-state index contributed by atoms with van der Waals surface area (Å²) in [7, 11) is 1.60. The lowest BCUT2D eigenvalue weighted by molar-refractivity contribution is 0.0684. The standard InChI is InChI=1S/C23H19N3O3S2/c1-29-20-12-5-4-11-19(20)25-23(30)24-15-7-6-8-16(13-15)31-14-26-21(27)17-9-2-3-10-18(17)22(26)28/h2-13H,14H2,1H3,(H2,24,25,30). The number of hydrogen-bond acceptors (Lipinski definition) is 5. The molecule has 0 aliphatic carbocycles. The summed E-state index contributed by atoms with van der Waals surface area (Å²) in [6, 6.07) is 22.0. The largest absolute Gasteiger partial charge is 0.495 e. The van der Waals surface area contributed by atoms with E-state index in [0.717, 1.165) is 16.3 Å². The Morgan fingerprint density at radius 1 is 0.935 bits per heavy atom. The number of nitrogens with one attached hydrogen (secondary N) is 2. The Morgan fingerprint density at radius 3 is 2.32 bits per heavy atom. The van der Waals surface area contributed by atoms with Crippen molar-refractivity contribution in [3.8, 4) is 5.75 Å². The number of fused-ring (bicyclic) bond motifs is 1. The second-order valence-electron chi connectivity index (χ2n) is 6.66. The lowest BCUT2D eigenvalue weighted by Gasteiger charge is -2.15. The van der Waals surface area contributed by atoms with Crippen molar-refractivity contribution in [2.24, 2.45) is 0 Å². The quantitative estimate of drug-likeness (QED) is 0.317. The van der Waals surface area contributed by atoms with Crippen LogP contribution in [0.25, 0.3) is 0 Å². The second-order valence-corrected chi connectivity index (χ2v) is 8.09. The summed E-state index contributed by atoms with van der Waals surface area (Å²) in [6.45, 7) is 0.